The number of benzene rings is 1. The molecule has 1 saturated heterocycles. The summed E-state index contributed by atoms with van der Waals surface area (Å²) in [5.41, 5.74) is 2.22. The number of nitrogens with one attached hydrogen (secondary N) is 1. The molecule has 128 valence electrons. The molecule has 0 saturated carbocycles. The first-order chi connectivity index (χ1) is 11.2. The van der Waals surface area contributed by atoms with E-state index in [1.807, 2.05) is 29.2 Å². The van der Waals surface area contributed by atoms with Crippen LogP contribution in [0.4, 0.5) is 4.79 Å². The molecule has 0 bridgehead atoms. The molecule has 5 nitrogen and oxygen atoms in total. The third-order valence-electron chi connectivity index (χ3n) is 4.31. The number of ether oxygens (including phenoxy) is 1. The van der Waals surface area contributed by atoms with E-state index < -0.39 is 0 Å². The van der Waals surface area contributed by atoms with Crippen LogP contribution in [0.5, 0.6) is 0 Å². The zero-order chi connectivity index (χ0) is 16.5. The molecule has 0 radical (unpaired) electrons. The zero-order valence-electron chi connectivity index (χ0n) is 14.0. The molecule has 0 aliphatic carbocycles. The summed E-state index contributed by atoms with van der Waals surface area (Å²) in [6.07, 6.45) is 2.76. The van der Waals surface area contributed by atoms with Crippen LogP contribution in [0.15, 0.2) is 24.3 Å². The summed E-state index contributed by atoms with van der Waals surface area (Å²) >= 11 is 0. The van der Waals surface area contributed by atoms with Crippen molar-refractivity contribution < 1.29 is 14.6 Å². The topological polar surface area (TPSA) is 61.8 Å². The molecule has 2 amide bonds. The number of piperidine rings is 1. The fraction of sp³-hybridized carbons (Fsp3) is 0.611. The molecule has 0 unspecified atom stereocenters. The van der Waals surface area contributed by atoms with Gasteiger partial charge < -0.3 is 20.1 Å². The average molecular weight is 320 g/mol. The van der Waals surface area contributed by atoms with E-state index in [-0.39, 0.29) is 12.6 Å². The van der Waals surface area contributed by atoms with Crippen molar-refractivity contribution in [2.45, 2.75) is 39.3 Å². The maximum Gasteiger partial charge on any atom is 0.317 e. The second-order valence-electron chi connectivity index (χ2n) is 6.09. The van der Waals surface area contributed by atoms with E-state index in [4.69, 9.17) is 9.84 Å². The third kappa shape index (κ3) is 5.52. The number of nitrogens with zero attached hydrogens (tertiary/aromatic N) is 1. The number of aliphatic hydroxyl groups is 1. The minimum atomic E-state index is -0.0225. The number of amides is 2. The van der Waals surface area contributed by atoms with Crippen molar-refractivity contribution in [2.24, 2.45) is 5.92 Å². The van der Waals surface area contributed by atoms with Crippen LogP contribution in [-0.4, -0.2) is 42.3 Å². The SMILES string of the molecule is CCCOCc1ccccc1CNC(=O)N1CCC(CO)CC1. The van der Waals surface area contributed by atoms with Crippen LogP contribution in [0.25, 0.3) is 0 Å². The summed E-state index contributed by atoms with van der Waals surface area (Å²) in [6, 6.07) is 8.03. The number of hydrogen-bond donors (Lipinski definition) is 2. The number of urea groups is 1. The quantitative estimate of drug-likeness (QED) is 0.759. The molecular formula is C18H28N2O3. The lowest BCUT2D eigenvalue weighted by atomic mass is 9.98. The predicted octanol–water partition coefficient (Wildman–Crippen LogP) is 2.53. The Morgan fingerprint density at radius 1 is 1.30 bits per heavy atom. The van der Waals surface area contributed by atoms with E-state index in [1.165, 1.54) is 0 Å². The molecule has 2 N–H and O–H groups in total. The van der Waals surface area contributed by atoms with Crippen LogP contribution in [0.3, 0.4) is 0 Å². The maximum atomic E-state index is 12.3. The Kier molecular flexibility index (Phi) is 7.36. The molecule has 1 aliphatic rings. The predicted molar refractivity (Wildman–Crippen MR) is 90.0 cm³/mol. The van der Waals surface area contributed by atoms with E-state index in [0.717, 1.165) is 50.1 Å². The highest BCUT2D eigenvalue weighted by atomic mass is 16.5. The fourth-order valence-corrected chi connectivity index (χ4v) is 2.80. The largest absolute Gasteiger partial charge is 0.396 e. The Morgan fingerprint density at radius 3 is 2.65 bits per heavy atom. The molecular weight excluding hydrogens is 292 g/mol. The number of carbonyl (C=O) groups is 1. The van der Waals surface area contributed by atoms with Crippen molar-refractivity contribution in [3.63, 3.8) is 0 Å². The molecule has 1 aromatic carbocycles. The van der Waals surface area contributed by atoms with Gasteiger partial charge in [-0.05, 0) is 36.3 Å². The molecule has 1 aliphatic heterocycles. The van der Waals surface area contributed by atoms with Crippen molar-refractivity contribution in [2.75, 3.05) is 26.3 Å². The minimum Gasteiger partial charge on any atom is -0.396 e. The van der Waals surface area contributed by atoms with Crippen LogP contribution in [0.2, 0.25) is 0 Å². The van der Waals surface area contributed by atoms with Gasteiger partial charge in [0.05, 0.1) is 6.61 Å². The Labute approximate surface area is 138 Å². The highest BCUT2D eigenvalue weighted by molar-refractivity contribution is 5.74. The lowest BCUT2D eigenvalue weighted by Crippen LogP contribution is -2.44. The van der Waals surface area contributed by atoms with E-state index in [2.05, 4.69) is 12.2 Å². The molecule has 1 fully saturated rings. The Morgan fingerprint density at radius 2 is 2.00 bits per heavy atom. The van der Waals surface area contributed by atoms with Crippen LogP contribution < -0.4 is 5.32 Å². The average Bonchev–Trinajstić information content (AvgIpc) is 2.61. The highest BCUT2D eigenvalue weighted by Gasteiger charge is 2.22. The minimum absolute atomic E-state index is 0.0225. The van der Waals surface area contributed by atoms with Gasteiger partial charge in [0, 0.05) is 32.8 Å². The van der Waals surface area contributed by atoms with Crippen molar-refractivity contribution in [3.05, 3.63) is 35.4 Å². The second kappa shape index (κ2) is 9.53. The van der Waals surface area contributed by atoms with Crippen molar-refractivity contribution in [3.8, 4) is 0 Å². The number of hydrogen-bond acceptors (Lipinski definition) is 3. The number of aliphatic hydroxyl groups excluding tert-OH is 1. The molecule has 0 atom stereocenters. The lowest BCUT2D eigenvalue weighted by Gasteiger charge is -2.31. The smallest absolute Gasteiger partial charge is 0.317 e. The standard InChI is InChI=1S/C18H28N2O3/c1-2-11-23-14-17-6-4-3-5-16(17)12-19-18(22)20-9-7-15(13-21)8-10-20/h3-6,15,21H,2,7-14H2,1H3,(H,19,22). The van der Waals surface area contributed by atoms with Gasteiger partial charge in [-0.2, -0.15) is 0 Å². The molecule has 1 heterocycles. The summed E-state index contributed by atoms with van der Waals surface area (Å²) in [5.74, 6) is 0.343. The molecule has 23 heavy (non-hydrogen) atoms. The van der Waals surface area contributed by atoms with Gasteiger partial charge in [0.2, 0.25) is 0 Å². The maximum absolute atomic E-state index is 12.3. The number of carbonyl (C=O) groups excluding carboxylic acids is 1. The van der Waals surface area contributed by atoms with E-state index >= 15 is 0 Å². The Bertz CT molecular complexity index is 485. The molecule has 1 aromatic rings. The Hall–Kier alpha value is -1.59. The summed E-state index contributed by atoms with van der Waals surface area (Å²) in [7, 11) is 0. The van der Waals surface area contributed by atoms with Gasteiger partial charge in [0.1, 0.15) is 0 Å². The lowest BCUT2D eigenvalue weighted by molar-refractivity contribution is 0.120. The van der Waals surface area contributed by atoms with Crippen molar-refractivity contribution in [1.29, 1.82) is 0 Å². The van der Waals surface area contributed by atoms with Crippen LogP contribution >= 0.6 is 0 Å². The van der Waals surface area contributed by atoms with Gasteiger partial charge in [-0.15, -0.1) is 0 Å². The van der Waals surface area contributed by atoms with Gasteiger partial charge in [-0.3, -0.25) is 0 Å². The molecule has 5 heteroatoms. The molecule has 0 aromatic heterocycles. The van der Waals surface area contributed by atoms with Crippen molar-refractivity contribution in [1.82, 2.24) is 10.2 Å². The Balaban J connectivity index is 1.82. The van der Waals surface area contributed by atoms with Crippen LogP contribution in [-0.2, 0) is 17.9 Å². The van der Waals surface area contributed by atoms with Gasteiger partial charge in [-0.1, -0.05) is 31.2 Å². The highest BCUT2D eigenvalue weighted by Crippen LogP contribution is 2.16. The molecule has 2 rings (SSSR count). The summed E-state index contributed by atoms with van der Waals surface area (Å²) in [6.45, 7) is 5.61. The van der Waals surface area contributed by atoms with Crippen LogP contribution in [0, 0.1) is 5.92 Å². The summed E-state index contributed by atoms with van der Waals surface area (Å²) in [4.78, 5) is 14.1. The van der Waals surface area contributed by atoms with Gasteiger partial charge in [0.15, 0.2) is 0 Å². The van der Waals surface area contributed by atoms with E-state index in [9.17, 15) is 4.79 Å². The fourth-order valence-electron chi connectivity index (χ4n) is 2.80. The van der Waals surface area contributed by atoms with Gasteiger partial charge in [-0.25, -0.2) is 4.79 Å². The second-order valence-corrected chi connectivity index (χ2v) is 6.09. The van der Waals surface area contributed by atoms with Crippen LogP contribution in [0.1, 0.15) is 37.3 Å². The zero-order valence-corrected chi connectivity index (χ0v) is 14.0. The first kappa shape index (κ1) is 17.8. The first-order valence-corrected chi connectivity index (χ1v) is 8.52. The normalized spacial score (nSPS) is 15.7. The summed E-state index contributed by atoms with van der Waals surface area (Å²) < 4.78 is 5.61. The van der Waals surface area contributed by atoms with Gasteiger partial charge in [0.25, 0.3) is 0 Å². The van der Waals surface area contributed by atoms with Crippen molar-refractivity contribution >= 4 is 6.03 Å². The third-order valence-corrected chi connectivity index (χ3v) is 4.31. The molecule has 0 spiro atoms. The van der Waals surface area contributed by atoms with Gasteiger partial charge >= 0.3 is 6.03 Å². The number of likely N-dealkylation sites (tertiary alicyclic amines) is 1. The van der Waals surface area contributed by atoms with E-state index in [0.29, 0.717) is 19.1 Å². The van der Waals surface area contributed by atoms with E-state index in [1.54, 1.807) is 0 Å². The number of rotatable bonds is 7. The first-order valence-electron chi connectivity index (χ1n) is 8.52. The monoisotopic (exact) mass is 320 g/mol. The summed E-state index contributed by atoms with van der Waals surface area (Å²) in [5, 5.41) is 12.2.